The predicted molar refractivity (Wildman–Crippen MR) is 88.5 cm³/mol. The van der Waals surface area contributed by atoms with Crippen LogP contribution >= 0.6 is 11.3 Å². The van der Waals surface area contributed by atoms with Gasteiger partial charge in [0.15, 0.2) is 0 Å². The van der Waals surface area contributed by atoms with Crippen molar-refractivity contribution in [2.24, 2.45) is 0 Å². The summed E-state index contributed by atoms with van der Waals surface area (Å²) in [5.74, 6) is -0.0807. The summed E-state index contributed by atoms with van der Waals surface area (Å²) in [4.78, 5) is 15.2. The van der Waals surface area contributed by atoms with Gasteiger partial charge in [0.1, 0.15) is 10.3 Å². The number of unbranched alkanes of at least 4 members (excludes halogenated alkanes) is 1. The van der Waals surface area contributed by atoms with E-state index in [2.05, 4.69) is 6.92 Å². The second-order valence-corrected chi connectivity index (χ2v) is 9.16. The Morgan fingerprint density at radius 1 is 1.45 bits per heavy atom. The number of nitrogens with zero attached hydrogens (tertiary/aromatic N) is 2. The molecular formula is C15H24N2O3S2. The summed E-state index contributed by atoms with van der Waals surface area (Å²) >= 11 is 1.26. The number of aryl methyl sites for hydroxylation is 1. The van der Waals surface area contributed by atoms with Gasteiger partial charge < -0.3 is 4.90 Å². The molecule has 1 fully saturated rings. The van der Waals surface area contributed by atoms with E-state index in [0.717, 1.165) is 24.1 Å². The van der Waals surface area contributed by atoms with Gasteiger partial charge in [0, 0.05) is 25.0 Å². The van der Waals surface area contributed by atoms with Crippen molar-refractivity contribution in [2.75, 3.05) is 20.1 Å². The zero-order valence-corrected chi connectivity index (χ0v) is 15.0. The summed E-state index contributed by atoms with van der Waals surface area (Å²) in [6.07, 6.45) is 3.30. The normalized spacial score (nSPS) is 19.5. The highest BCUT2D eigenvalue weighted by atomic mass is 32.2. The van der Waals surface area contributed by atoms with E-state index in [1.54, 1.807) is 24.1 Å². The Hall–Kier alpha value is -0.920. The second-order valence-electron chi connectivity index (χ2n) is 5.75. The van der Waals surface area contributed by atoms with Crippen LogP contribution in [0.1, 0.15) is 37.5 Å². The lowest BCUT2D eigenvalue weighted by Gasteiger charge is -2.27. The molecule has 1 saturated heterocycles. The fourth-order valence-corrected chi connectivity index (χ4v) is 5.76. The number of carbonyl (C=O) groups excluding carboxylic acids is 1. The molecule has 2 rings (SSSR count). The average Bonchev–Trinajstić information content (AvgIpc) is 3.12. The van der Waals surface area contributed by atoms with Crippen LogP contribution in [-0.4, -0.2) is 49.7 Å². The number of likely N-dealkylation sites (N-methyl/N-ethyl adjacent to an activating group) is 1. The molecule has 5 nitrogen and oxygen atoms in total. The summed E-state index contributed by atoms with van der Waals surface area (Å²) in [7, 11) is -1.80. The van der Waals surface area contributed by atoms with Crippen molar-refractivity contribution in [1.82, 2.24) is 9.21 Å². The molecule has 1 aromatic rings. The number of thiophene rings is 1. The first-order chi connectivity index (χ1) is 10.4. The van der Waals surface area contributed by atoms with Crippen LogP contribution in [0.4, 0.5) is 0 Å². The molecule has 0 bridgehead atoms. The molecule has 7 heteroatoms. The van der Waals surface area contributed by atoms with Crippen molar-refractivity contribution in [3.63, 3.8) is 0 Å². The molecule has 0 aliphatic carbocycles. The third-order valence-electron chi connectivity index (χ3n) is 3.99. The van der Waals surface area contributed by atoms with Gasteiger partial charge in [-0.15, -0.1) is 11.3 Å². The maximum atomic E-state index is 12.8. The van der Waals surface area contributed by atoms with Gasteiger partial charge in [0.05, 0.1) is 0 Å². The second kappa shape index (κ2) is 7.10. The lowest BCUT2D eigenvalue weighted by atomic mass is 10.2. The molecule has 0 spiro atoms. The van der Waals surface area contributed by atoms with Crippen LogP contribution in [0.15, 0.2) is 16.3 Å². The Morgan fingerprint density at radius 3 is 2.77 bits per heavy atom. The lowest BCUT2D eigenvalue weighted by Crippen LogP contribution is -2.46. The smallest absolute Gasteiger partial charge is 0.253 e. The van der Waals surface area contributed by atoms with E-state index in [1.165, 1.54) is 15.6 Å². The van der Waals surface area contributed by atoms with E-state index in [9.17, 15) is 13.2 Å². The van der Waals surface area contributed by atoms with E-state index >= 15 is 0 Å². The maximum Gasteiger partial charge on any atom is 0.253 e. The van der Waals surface area contributed by atoms with Crippen molar-refractivity contribution in [1.29, 1.82) is 0 Å². The van der Waals surface area contributed by atoms with Gasteiger partial charge in [-0.25, -0.2) is 8.42 Å². The Morgan fingerprint density at radius 2 is 2.18 bits per heavy atom. The molecular weight excluding hydrogens is 320 g/mol. The van der Waals surface area contributed by atoms with E-state index in [0.29, 0.717) is 23.7 Å². The molecule has 1 amide bonds. The van der Waals surface area contributed by atoms with E-state index < -0.39 is 16.1 Å². The number of amides is 1. The van der Waals surface area contributed by atoms with E-state index in [1.807, 2.05) is 6.92 Å². The summed E-state index contributed by atoms with van der Waals surface area (Å²) < 4.78 is 27.3. The van der Waals surface area contributed by atoms with Crippen LogP contribution in [0.3, 0.4) is 0 Å². The van der Waals surface area contributed by atoms with Crippen LogP contribution < -0.4 is 0 Å². The first-order valence-corrected chi connectivity index (χ1v) is 9.97. The van der Waals surface area contributed by atoms with Crippen molar-refractivity contribution < 1.29 is 13.2 Å². The third-order valence-corrected chi connectivity index (χ3v) is 7.37. The molecule has 22 heavy (non-hydrogen) atoms. The van der Waals surface area contributed by atoms with Crippen LogP contribution in [0, 0.1) is 6.92 Å². The molecule has 0 N–H and O–H groups in total. The number of hydrogen-bond donors (Lipinski definition) is 0. The van der Waals surface area contributed by atoms with Gasteiger partial charge in [0.25, 0.3) is 10.0 Å². The number of carbonyl (C=O) groups is 1. The van der Waals surface area contributed by atoms with Crippen LogP contribution in [0.5, 0.6) is 0 Å². The molecule has 0 saturated carbocycles. The van der Waals surface area contributed by atoms with E-state index in [4.69, 9.17) is 0 Å². The fourth-order valence-electron chi connectivity index (χ4n) is 2.70. The molecule has 1 atom stereocenters. The summed E-state index contributed by atoms with van der Waals surface area (Å²) in [5, 5.41) is 0. The highest BCUT2D eigenvalue weighted by molar-refractivity contribution is 7.91. The largest absolute Gasteiger partial charge is 0.344 e. The summed E-state index contributed by atoms with van der Waals surface area (Å²) in [6.45, 7) is 5.06. The number of sulfonamides is 1. The molecule has 0 aromatic carbocycles. The van der Waals surface area contributed by atoms with Gasteiger partial charge in [-0.1, -0.05) is 13.3 Å². The highest BCUT2D eigenvalue weighted by Gasteiger charge is 2.40. The lowest BCUT2D eigenvalue weighted by molar-refractivity contribution is -0.133. The maximum absolute atomic E-state index is 12.8. The molecule has 1 aromatic heterocycles. The monoisotopic (exact) mass is 344 g/mol. The van der Waals surface area contributed by atoms with Gasteiger partial charge in [-0.2, -0.15) is 4.31 Å². The number of hydrogen-bond acceptors (Lipinski definition) is 4. The molecule has 1 aliphatic heterocycles. The first kappa shape index (κ1) is 17.4. The van der Waals surface area contributed by atoms with Gasteiger partial charge in [0.2, 0.25) is 5.91 Å². The van der Waals surface area contributed by atoms with Gasteiger partial charge in [-0.3, -0.25) is 4.79 Å². The van der Waals surface area contributed by atoms with Gasteiger partial charge >= 0.3 is 0 Å². The Bertz CT molecular complexity index is 624. The molecule has 1 unspecified atom stereocenters. The average molecular weight is 345 g/mol. The highest BCUT2D eigenvalue weighted by Crippen LogP contribution is 2.30. The fraction of sp³-hybridized carbons (Fsp3) is 0.667. The quantitative estimate of drug-likeness (QED) is 0.796. The topological polar surface area (TPSA) is 57.7 Å². The van der Waals surface area contributed by atoms with Gasteiger partial charge in [-0.05, 0) is 38.3 Å². The standard InChI is InChI=1S/C15H24N2O3S2/c1-4-5-10-16(3)15(18)13-7-6-11-17(13)22(19,20)14-9-8-12(2)21-14/h8-9,13H,4-7,10-11H2,1-3H3. The minimum absolute atomic E-state index is 0.0807. The van der Waals surface area contributed by atoms with Crippen molar-refractivity contribution in [3.05, 3.63) is 17.0 Å². The Balaban J connectivity index is 2.18. The summed E-state index contributed by atoms with van der Waals surface area (Å²) in [5.41, 5.74) is 0. The zero-order valence-electron chi connectivity index (χ0n) is 13.4. The molecule has 0 radical (unpaired) electrons. The van der Waals surface area contributed by atoms with Crippen LogP contribution in [0.25, 0.3) is 0 Å². The number of rotatable bonds is 6. The van der Waals surface area contributed by atoms with Crippen molar-refractivity contribution >= 4 is 27.3 Å². The third kappa shape index (κ3) is 3.52. The molecule has 124 valence electrons. The van der Waals surface area contributed by atoms with Crippen molar-refractivity contribution in [3.8, 4) is 0 Å². The Labute approximate surface area is 137 Å². The molecule has 2 heterocycles. The summed E-state index contributed by atoms with van der Waals surface area (Å²) in [6, 6.07) is 2.89. The van der Waals surface area contributed by atoms with Crippen LogP contribution in [-0.2, 0) is 14.8 Å². The van der Waals surface area contributed by atoms with Crippen molar-refractivity contribution in [2.45, 2.75) is 49.8 Å². The first-order valence-electron chi connectivity index (χ1n) is 7.71. The predicted octanol–water partition coefficient (Wildman–Crippen LogP) is 2.47. The zero-order chi connectivity index (χ0) is 16.3. The minimum atomic E-state index is -3.56. The SMILES string of the molecule is CCCCN(C)C(=O)C1CCCN1S(=O)(=O)c1ccc(C)s1. The Kier molecular flexibility index (Phi) is 5.63. The van der Waals surface area contributed by atoms with E-state index in [-0.39, 0.29) is 5.91 Å². The van der Waals surface area contributed by atoms with Crippen LogP contribution in [0.2, 0.25) is 0 Å². The minimum Gasteiger partial charge on any atom is -0.344 e. The molecule has 1 aliphatic rings.